The average molecular weight is 428 g/mol. The van der Waals surface area contributed by atoms with Gasteiger partial charge in [-0.2, -0.15) is 12.6 Å². The van der Waals surface area contributed by atoms with Crippen molar-refractivity contribution >= 4 is 59.8 Å². The van der Waals surface area contributed by atoms with Crippen LogP contribution in [0.2, 0.25) is 0 Å². The van der Waals surface area contributed by atoms with Crippen LogP contribution in [0.25, 0.3) is 0 Å². The van der Waals surface area contributed by atoms with Gasteiger partial charge in [0.25, 0.3) is 5.24 Å². The number of rotatable bonds is 10. The van der Waals surface area contributed by atoms with Crippen molar-refractivity contribution in [2.24, 2.45) is 0 Å². The third-order valence-corrected chi connectivity index (χ3v) is 6.33. The second-order valence-electron chi connectivity index (χ2n) is 6.64. The van der Waals surface area contributed by atoms with Gasteiger partial charge in [-0.25, -0.2) is 0 Å². The predicted molar refractivity (Wildman–Crippen MR) is 119 cm³/mol. The van der Waals surface area contributed by atoms with E-state index in [0.29, 0.717) is 18.1 Å². The van der Waals surface area contributed by atoms with Gasteiger partial charge in [-0.1, -0.05) is 30.3 Å². The Bertz CT molecular complexity index is 667. The van der Waals surface area contributed by atoms with Crippen LogP contribution in [0.4, 0.5) is 10.5 Å². The summed E-state index contributed by atoms with van der Waals surface area (Å²) in [5, 5.41) is 2.02. The van der Waals surface area contributed by atoms with E-state index in [1.54, 1.807) is 11.9 Å². The number of anilines is 1. The second kappa shape index (κ2) is 11.0. The van der Waals surface area contributed by atoms with Crippen LogP contribution in [-0.2, 0) is 28.6 Å². The number of thioether (sulfide) groups is 1. The lowest BCUT2D eigenvalue weighted by molar-refractivity contribution is -0.119. The Labute approximate surface area is 175 Å². The number of amides is 3. The standard InChI is InChI=1S/C19H26N2O3S3/c1-21(17(22)5-3-2-4-15(26)10-11-25)14-8-6-13(7-9-14)12-16-18(23)20-19(24)27-16/h6-9,15-16,25-26H,2-5,10-12H2,1H3,(H,20,23,24)/p+1. The van der Waals surface area contributed by atoms with Crippen LogP contribution in [0.3, 0.4) is 0 Å². The first-order valence-electron chi connectivity index (χ1n) is 9.10. The Balaban J connectivity index is 1.78. The molecule has 5 nitrogen and oxygen atoms in total. The molecule has 1 aliphatic rings. The second-order valence-corrected chi connectivity index (χ2v) is 9.05. The summed E-state index contributed by atoms with van der Waals surface area (Å²) < 4.78 is 0. The summed E-state index contributed by atoms with van der Waals surface area (Å²) >= 11 is 9.01. The highest BCUT2D eigenvalue weighted by Crippen LogP contribution is 2.24. The fourth-order valence-electron chi connectivity index (χ4n) is 2.88. The molecule has 0 bridgehead atoms. The highest BCUT2D eigenvalue weighted by Gasteiger charge is 2.31. The van der Waals surface area contributed by atoms with E-state index in [9.17, 15) is 14.4 Å². The third kappa shape index (κ3) is 7.08. The van der Waals surface area contributed by atoms with Gasteiger partial charge in [0.15, 0.2) is 0 Å². The summed E-state index contributed by atoms with van der Waals surface area (Å²) in [7, 11) is 1.78. The molecule has 0 spiro atoms. The molecule has 0 radical (unpaired) electrons. The van der Waals surface area contributed by atoms with Crippen LogP contribution in [0.1, 0.15) is 37.7 Å². The van der Waals surface area contributed by atoms with Crippen molar-refractivity contribution in [2.45, 2.75) is 49.0 Å². The fraction of sp³-hybridized carbons (Fsp3) is 0.526. The molecule has 2 rings (SSSR count). The number of carbonyl (C=O) groups excluding carboxylic acids is 3. The van der Waals surface area contributed by atoms with Crippen LogP contribution in [-0.4, -0.2) is 40.4 Å². The van der Waals surface area contributed by atoms with E-state index in [0.717, 1.165) is 54.4 Å². The van der Waals surface area contributed by atoms with Crippen LogP contribution < -0.4 is 10.2 Å². The molecule has 3 amide bonds. The number of benzene rings is 1. The molecule has 8 heteroatoms. The minimum Gasteiger partial charge on any atom is -0.316 e. The van der Waals surface area contributed by atoms with E-state index >= 15 is 0 Å². The van der Waals surface area contributed by atoms with E-state index in [1.807, 2.05) is 24.3 Å². The first-order chi connectivity index (χ1) is 12.9. The molecule has 148 valence electrons. The molecule has 27 heavy (non-hydrogen) atoms. The zero-order chi connectivity index (χ0) is 19.8. The molecule has 1 saturated heterocycles. The topological polar surface area (TPSA) is 66.5 Å². The molecule has 0 aliphatic carbocycles. The molecular weight excluding hydrogens is 400 g/mol. The van der Waals surface area contributed by atoms with E-state index in [-0.39, 0.29) is 22.3 Å². The van der Waals surface area contributed by atoms with Gasteiger partial charge in [-0.05, 0) is 49.6 Å². The van der Waals surface area contributed by atoms with Crippen LogP contribution in [0.15, 0.2) is 24.3 Å². The van der Waals surface area contributed by atoms with Gasteiger partial charge < -0.3 is 4.90 Å². The van der Waals surface area contributed by atoms with Crippen molar-refractivity contribution in [3.05, 3.63) is 29.8 Å². The Morgan fingerprint density at radius 3 is 2.56 bits per heavy atom. The van der Waals surface area contributed by atoms with E-state index in [1.165, 1.54) is 0 Å². The van der Waals surface area contributed by atoms with E-state index in [2.05, 4.69) is 30.6 Å². The molecule has 2 atom stereocenters. The van der Waals surface area contributed by atoms with Gasteiger partial charge in [0, 0.05) is 30.8 Å². The molecule has 1 aliphatic heterocycles. The van der Waals surface area contributed by atoms with Crippen molar-refractivity contribution in [2.75, 3.05) is 17.7 Å². The first kappa shape index (κ1) is 22.2. The van der Waals surface area contributed by atoms with Crippen molar-refractivity contribution < 1.29 is 14.4 Å². The smallest absolute Gasteiger partial charge is 0.286 e. The van der Waals surface area contributed by atoms with Gasteiger partial charge in [0.05, 0.1) is 5.25 Å². The molecule has 0 aromatic heterocycles. The Hall–Kier alpha value is -1.12. The summed E-state index contributed by atoms with van der Waals surface area (Å²) in [6, 6.07) is 7.57. The molecule has 1 aromatic carbocycles. The summed E-state index contributed by atoms with van der Waals surface area (Å²) in [4.78, 5) is 36.9. The lowest BCUT2D eigenvalue weighted by Gasteiger charge is -2.18. The third-order valence-electron chi connectivity index (χ3n) is 4.54. The van der Waals surface area contributed by atoms with E-state index < -0.39 is 0 Å². The van der Waals surface area contributed by atoms with Gasteiger partial charge in [-0.15, -0.1) is 0 Å². The maximum atomic E-state index is 12.4. The van der Waals surface area contributed by atoms with Crippen molar-refractivity contribution in [3.63, 3.8) is 0 Å². The maximum Gasteiger partial charge on any atom is 0.286 e. The van der Waals surface area contributed by atoms with Gasteiger partial charge in [0.1, 0.15) is 5.75 Å². The normalized spacial score (nSPS) is 17.7. The zero-order valence-corrected chi connectivity index (χ0v) is 18.2. The minimum absolute atomic E-state index is 0.0925. The minimum atomic E-state index is -0.372. The molecule has 1 N–H and O–H groups in total. The Morgan fingerprint density at radius 1 is 1.26 bits per heavy atom. The van der Waals surface area contributed by atoms with Crippen molar-refractivity contribution in [1.82, 2.24) is 5.32 Å². The zero-order valence-electron chi connectivity index (χ0n) is 15.4. The van der Waals surface area contributed by atoms with Gasteiger partial charge >= 0.3 is 0 Å². The van der Waals surface area contributed by atoms with Crippen LogP contribution in [0, 0.1) is 0 Å². The van der Waals surface area contributed by atoms with Crippen LogP contribution >= 0.6 is 24.4 Å². The molecule has 1 fully saturated rings. The number of unbranched alkanes of at least 4 members (excludes halogenated alkanes) is 1. The van der Waals surface area contributed by atoms with Crippen LogP contribution in [0.5, 0.6) is 0 Å². The predicted octanol–water partition coefficient (Wildman–Crippen LogP) is 2.80. The Morgan fingerprint density at radius 2 is 1.96 bits per heavy atom. The maximum absolute atomic E-state index is 12.4. The van der Waals surface area contributed by atoms with Crippen molar-refractivity contribution in [1.29, 1.82) is 0 Å². The highest BCUT2D eigenvalue weighted by molar-refractivity contribution is 8.15. The number of nitrogens with one attached hydrogen (secondary N) is 1. The lowest BCUT2D eigenvalue weighted by atomic mass is 10.1. The summed E-state index contributed by atoms with van der Waals surface area (Å²) in [5.41, 5.74) is 1.79. The fourth-order valence-corrected chi connectivity index (χ4v) is 4.64. The molecule has 0 saturated carbocycles. The quantitative estimate of drug-likeness (QED) is 0.342. The first-order valence-corrected chi connectivity index (χ1v) is 11.2. The highest BCUT2D eigenvalue weighted by atomic mass is 32.2. The summed E-state index contributed by atoms with van der Waals surface area (Å²) in [6.45, 7) is 0. The molecule has 1 aromatic rings. The van der Waals surface area contributed by atoms with Gasteiger partial charge in [0.2, 0.25) is 11.8 Å². The Kier molecular flexibility index (Phi) is 9.05. The van der Waals surface area contributed by atoms with Crippen molar-refractivity contribution in [3.8, 4) is 0 Å². The lowest BCUT2D eigenvalue weighted by Crippen LogP contribution is -2.26. The number of hydrogen-bond acceptors (Lipinski definition) is 5. The largest absolute Gasteiger partial charge is 0.316 e. The number of imide groups is 1. The summed E-state index contributed by atoms with van der Waals surface area (Å²) in [6.07, 6.45) is 4.94. The van der Waals surface area contributed by atoms with E-state index in [4.69, 9.17) is 0 Å². The SMILES string of the molecule is CN(C(=O)CCCCC(S)CC[SH2+])c1ccc(CC2SC(=O)NC2=O)cc1. The van der Waals surface area contributed by atoms with Gasteiger partial charge in [-0.3, -0.25) is 19.7 Å². The number of thiol groups is 1. The number of nitrogens with zero attached hydrogens (tertiary/aromatic N) is 1. The molecule has 2 unspecified atom stereocenters. The summed E-state index contributed by atoms with van der Waals surface area (Å²) in [5.74, 6) is 0.808. The monoisotopic (exact) mass is 427 g/mol. The molecule has 1 heterocycles. The number of carbonyl (C=O) groups is 3. The molecular formula is C19H27N2O3S3+. The number of hydrogen-bond donors (Lipinski definition) is 2. The average Bonchev–Trinajstić information content (AvgIpc) is 2.96.